The predicted octanol–water partition coefficient (Wildman–Crippen LogP) is 17.0. The molecule has 1 aliphatic carbocycles. The highest BCUT2D eigenvalue weighted by atomic mass is 16.6. The molecule has 1 amide bonds. The first-order valence-corrected chi connectivity index (χ1v) is 37.0. The van der Waals surface area contributed by atoms with E-state index >= 15 is 0 Å². The standard InChI is InChI=1S/C12H23NO3.C10H18O2.C10H20O2.C9H19NO2.3C9H18O2.C7H11NO2.C4H8O2/c1-9(14)13-8-7-12(5,6)16-10(15)11(2,3)4;1-8(2)10(11)12-9-6-4-3-5-7-9;1-5-9(6-2)7-12-10(11)8(3)4;1-7(2)8(11)12-9(3,4)5-6-10;1-7(2)8(10)11-6-9(3,4)5;1-6-9(4,5)11-8(10)7(2)3;1-5-8(4)6-11-9(10)7(2)3;1-6(2)7(9)10-5-3-4-8;1-3(2)4(5)6/h7-8H2,1-6H3,(H,13,14);8-9H,3-7H2,1-2H3;8-9H,5-7H2,1-4H3;7H,5-6,10H2,1-4H3;2*7H,6H2,1-5H3;7-8H,5-6H2,1-4H3;6H,3,5H2,1-2H3;3H,1-2H3,(H,5,6). The Balaban J connectivity index is -0.000000162. The molecule has 22 heteroatoms. The number of ether oxygens (including phenoxy) is 8. The number of hydrogen-bond donors (Lipinski definition) is 3. The van der Waals surface area contributed by atoms with Crippen molar-refractivity contribution in [3.63, 3.8) is 0 Å². The van der Waals surface area contributed by atoms with E-state index in [1.165, 1.54) is 26.2 Å². The molecule has 0 aliphatic heterocycles. The Labute approximate surface area is 615 Å². The van der Waals surface area contributed by atoms with Gasteiger partial charge in [0.1, 0.15) is 29.5 Å². The second kappa shape index (κ2) is 61.6. The fourth-order valence-electron chi connectivity index (χ4n) is 5.95. The van der Waals surface area contributed by atoms with Gasteiger partial charge < -0.3 is 54.1 Å². The third kappa shape index (κ3) is 79.7. The van der Waals surface area contributed by atoms with Crippen molar-refractivity contribution >= 4 is 59.6 Å². The Morgan fingerprint density at radius 1 is 0.485 bits per heavy atom. The summed E-state index contributed by atoms with van der Waals surface area (Å²) in [4.78, 5) is 109. The van der Waals surface area contributed by atoms with E-state index in [2.05, 4.69) is 37.7 Å². The second-order valence-electron chi connectivity index (χ2n) is 31.9. The van der Waals surface area contributed by atoms with Crippen molar-refractivity contribution in [3.05, 3.63) is 0 Å². The zero-order chi connectivity index (χ0) is 81.4. The number of nitrogens with one attached hydrogen (secondary N) is 1. The molecule has 0 aromatic rings. The zero-order valence-corrected chi connectivity index (χ0v) is 70.4. The van der Waals surface area contributed by atoms with Crippen molar-refractivity contribution in [2.45, 2.75) is 335 Å². The smallest absolute Gasteiger partial charge is 0.311 e. The van der Waals surface area contributed by atoms with E-state index in [1.807, 2.05) is 179 Å². The van der Waals surface area contributed by atoms with Crippen LogP contribution in [0.5, 0.6) is 0 Å². The van der Waals surface area contributed by atoms with Crippen molar-refractivity contribution < 1.29 is 90.9 Å². The van der Waals surface area contributed by atoms with Gasteiger partial charge in [-0.25, -0.2) is 0 Å². The molecule has 1 atom stereocenters. The molecule has 598 valence electrons. The van der Waals surface area contributed by atoms with E-state index in [9.17, 15) is 47.9 Å². The van der Waals surface area contributed by atoms with Gasteiger partial charge in [0.15, 0.2) is 0 Å². The molecule has 0 radical (unpaired) electrons. The van der Waals surface area contributed by atoms with Crippen LogP contribution in [-0.4, -0.2) is 127 Å². The van der Waals surface area contributed by atoms with Crippen LogP contribution in [0.4, 0.5) is 0 Å². The number of aliphatic carboxylic acids is 1. The van der Waals surface area contributed by atoms with E-state index in [0.717, 1.165) is 38.5 Å². The van der Waals surface area contributed by atoms with Crippen molar-refractivity contribution in [1.29, 1.82) is 5.26 Å². The van der Waals surface area contributed by atoms with Crippen LogP contribution in [0.3, 0.4) is 0 Å². The quantitative estimate of drug-likeness (QED) is 0.0372. The molecule has 0 aromatic heterocycles. The van der Waals surface area contributed by atoms with Crippen molar-refractivity contribution in [1.82, 2.24) is 5.32 Å². The number of carbonyl (C=O) groups excluding carboxylic acids is 9. The van der Waals surface area contributed by atoms with Gasteiger partial charge in [0.25, 0.3) is 0 Å². The van der Waals surface area contributed by atoms with E-state index in [-0.39, 0.29) is 131 Å². The monoisotopic (exact) mass is 1450 g/mol. The Kier molecular flexibility index (Phi) is 67.7. The first-order valence-electron chi connectivity index (χ1n) is 37.0. The van der Waals surface area contributed by atoms with Crippen LogP contribution in [-0.2, 0) is 85.8 Å². The maximum Gasteiger partial charge on any atom is 0.311 e. The molecule has 1 fully saturated rings. The first kappa shape index (κ1) is 111. The highest BCUT2D eigenvalue weighted by Gasteiger charge is 2.31. The number of carboxylic acid groups (broad SMARTS) is 1. The minimum atomic E-state index is -0.741. The summed E-state index contributed by atoms with van der Waals surface area (Å²) >= 11 is 0. The molecular weight excluding hydrogens is 1290 g/mol. The van der Waals surface area contributed by atoms with E-state index in [1.54, 1.807) is 27.7 Å². The van der Waals surface area contributed by atoms with Crippen molar-refractivity contribution in [2.75, 3.05) is 39.5 Å². The third-order valence-corrected chi connectivity index (χ3v) is 14.0. The van der Waals surface area contributed by atoms with Gasteiger partial charge >= 0.3 is 53.7 Å². The topological polar surface area (TPSA) is 327 Å². The van der Waals surface area contributed by atoms with Gasteiger partial charge in [-0.05, 0) is 125 Å². The van der Waals surface area contributed by atoms with Crippen LogP contribution in [0.15, 0.2) is 0 Å². The Morgan fingerprint density at radius 3 is 1.17 bits per heavy atom. The molecule has 0 spiro atoms. The molecule has 0 bridgehead atoms. The summed E-state index contributed by atoms with van der Waals surface area (Å²) in [5.41, 5.74) is 3.68. The molecule has 0 heterocycles. The average molecular weight is 1450 g/mol. The van der Waals surface area contributed by atoms with Gasteiger partial charge in [-0.3, -0.25) is 47.9 Å². The number of carbonyl (C=O) groups is 10. The van der Waals surface area contributed by atoms with Gasteiger partial charge in [0, 0.05) is 19.9 Å². The lowest BCUT2D eigenvalue weighted by molar-refractivity contribution is -0.167. The lowest BCUT2D eigenvalue weighted by atomic mass is 9.96. The van der Waals surface area contributed by atoms with Crippen molar-refractivity contribution in [2.24, 2.45) is 75.7 Å². The number of rotatable bonds is 28. The summed E-state index contributed by atoms with van der Waals surface area (Å²) in [6.45, 7) is 66.6. The van der Waals surface area contributed by atoms with Crippen LogP contribution in [0.1, 0.15) is 312 Å². The summed E-state index contributed by atoms with van der Waals surface area (Å²) in [6.07, 6.45) is 11.8. The van der Waals surface area contributed by atoms with Crippen LogP contribution < -0.4 is 11.1 Å². The number of nitriles is 1. The van der Waals surface area contributed by atoms with Crippen LogP contribution in [0.25, 0.3) is 0 Å². The molecule has 1 rings (SSSR count). The summed E-state index contributed by atoms with van der Waals surface area (Å²) in [6, 6.07) is 1.88. The predicted molar refractivity (Wildman–Crippen MR) is 404 cm³/mol. The molecule has 1 unspecified atom stereocenters. The lowest BCUT2D eigenvalue weighted by Gasteiger charge is -2.29. The highest BCUT2D eigenvalue weighted by Crippen LogP contribution is 2.24. The van der Waals surface area contributed by atoms with Crippen molar-refractivity contribution in [3.8, 4) is 6.07 Å². The normalized spacial score (nSPS) is 12.4. The average Bonchev–Trinajstić information content (AvgIpc) is 0.862. The van der Waals surface area contributed by atoms with Gasteiger partial charge in [-0.2, -0.15) is 5.26 Å². The van der Waals surface area contributed by atoms with E-state index in [4.69, 9.17) is 49.3 Å². The second-order valence-corrected chi connectivity index (χ2v) is 31.9. The van der Waals surface area contributed by atoms with Gasteiger partial charge in [-0.1, -0.05) is 192 Å². The lowest BCUT2D eigenvalue weighted by Crippen LogP contribution is -2.37. The molecule has 4 N–H and O–H groups in total. The SMILES string of the molecule is CC(=O)NCCC(C)(C)OC(=O)C(C)(C)C.CC(C)C(=O)O.CC(C)C(=O)OC(C)(C)CCN.CC(C)C(=O)OC1CCCCC1.CC(C)C(=O)OCC(C)(C)C.CC(C)C(=O)OCCC#N.CCC(C)(C)OC(=O)C(C)C.CCC(C)COC(=O)C(C)C.CCC(CC)COC(=O)C(C)C. The summed E-state index contributed by atoms with van der Waals surface area (Å²) in [5, 5.41) is 18.8. The summed E-state index contributed by atoms with van der Waals surface area (Å²) < 4.78 is 41.0. The Morgan fingerprint density at radius 2 is 0.851 bits per heavy atom. The maximum atomic E-state index is 11.7. The molecule has 1 saturated carbocycles. The molecule has 0 aromatic carbocycles. The highest BCUT2D eigenvalue weighted by molar-refractivity contribution is 5.76. The zero-order valence-electron chi connectivity index (χ0n) is 70.4. The van der Waals surface area contributed by atoms with Crippen LogP contribution in [0, 0.1) is 81.3 Å². The largest absolute Gasteiger partial charge is 0.481 e. The van der Waals surface area contributed by atoms with Gasteiger partial charge in [-0.15, -0.1) is 0 Å². The third-order valence-electron chi connectivity index (χ3n) is 14.0. The number of amides is 1. The fourth-order valence-corrected chi connectivity index (χ4v) is 5.95. The number of esters is 8. The number of hydrogen-bond acceptors (Lipinski definition) is 20. The maximum absolute atomic E-state index is 11.7. The molecule has 101 heavy (non-hydrogen) atoms. The minimum absolute atomic E-state index is 0.000591. The van der Waals surface area contributed by atoms with Crippen LogP contribution >= 0.6 is 0 Å². The Bertz CT molecular complexity index is 2260. The first-order chi connectivity index (χ1) is 45.9. The fraction of sp³-hybridized carbons (Fsp3) is 0.861. The number of nitrogens with zero attached hydrogens (tertiary/aromatic N) is 1. The summed E-state index contributed by atoms with van der Waals surface area (Å²) in [5.74, 6) is -1.28. The summed E-state index contributed by atoms with van der Waals surface area (Å²) in [7, 11) is 0. The Hall–Kier alpha value is -5.85. The van der Waals surface area contributed by atoms with E-state index < -0.39 is 22.6 Å². The molecule has 22 nitrogen and oxygen atoms in total. The van der Waals surface area contributed by atoms with E-state index in [0.29, 0.717) is 57.6 Å². The number of carboxylic acids is 1. The molecule has 0 saturated heterocycles. The minimum Gasteiger partial charge on any atom is -0.481 e. The molecule has 1 aliphatic rings. The van der Waals surface area contributed by atoms with Crippen LogP contribution in [0.2, 0.25) is 0 Å². The molecular formula is C79H153N3O19. The number of nitrogens with two attached hydrogens (primary N) is 1. The van der Waals surface area contributed by atoms with Gasteiger partial charge in [0.2, 0.25) is 5.91 Å². The van der Waals surface area contributed by atoms with Gasteiger partial charge in [0.05, 0.1) is 85.1 Å².